The number of rotatable bonds is 2. The number of pyridine rings is 1. The zero-order chi connectivity index (χ0) is 15.2. The minimum atomic E-state index is -2.97. The van der Waals surface area contributed by atoms with Crippen LogP contribution in [0.5, 0.6) is 0 Å². The van der Waals surface area contributed by atoms with Gasteiger partial charge in [-0.2, -0.15) is 4.98 Å². The quantitative estimate of drug-likeness (QED) is 0.720. The lowest BCUT2D eigenvalue weighted by Crippen LogP contribution is -2.04. The van der Waals surface area contributed by atoms with Crippen LogP contribution in [0.2, 0.25) is 0 Å². The first-order chi connectivity index (χ1) is 10.6. The summed E-state index contributed by atoms with van der Waals surface area (Å²) in [4.78, 5) is 8.84. The monoisotopic (exact) mass is 315 g/mol. The topological polar surface area (TPSA) is 86.0 Å². The van der Waals surface area contributed by atoms with Gasteiger partial charge >= 0.3 is 0 Å². The maximum atomic E-state index is 11.5. The van der Waals surface area contributed by atoms with Crippen molar-refractivity contribution in [3.05, 3.63) is 42.3 Å². The fraction of sp³-hybridized carbons (Fsp3) is 0.267. The molecular formula is C15H13N3O3S. The number of fused-ring (bicyclic) bond motifs is 1. The molecule has 3 aromatic rings. The van der Waals surface area contributed by atoms with Crippen LogP contribution in [0.3, 0.4) is 0 Å². The molecule has 0 amide bonds. The van der Waals surface area contributed by atoms with Crippen LogP contribution in [-0.2, 0) is 9.84 Å². The summed E-state index contributed by atoms with van der Waals surface area (Å²) in [5.74, 6) is 0.839. The van der Waals surface area contributed by atoms with E-state index in [1.807, 2.05) is 36.4 Å². The lowest BCUT2D eigenvalue weighted by Gasteiger charge is -1.99. The number of aromatic nitrogens is 3. The van der Waals surface area contributed by atoms with Crippen LogP contribution in [0, 0.1) is 0 Å². The molecule has 1 aliphatic rings. The molecule has 112 valence electrons. The van der Waals surface area contributed by atoms with E-state index in [0.29, 0.717) is 23.8 Å². The highest BCUT2D eigenvalue weighted by Crippen LogP contribution is 2.29. The van der Waals surface area contributed by atoms with Gasteiger partial charge in [-0.25, -0.2) is 13.4 Å². The molecule has 1 aliphatic heterocycles. The zero-order valence-electron chi connectivity index (χ0n) is 11.6. The number of benzene rings is 1. The van der Waals surface area contributed by atoms with E-state index in [0.717, 1.165) is 10.9 Å². The number of para-hydroxylation sites is 1. The van der Waals surface area contributed by atoms with Crippen LogP contribution in [0.25, 0.3) is 22.4 Å². The van der Waals surface area contributed by atoms with E-state index < -0.39 is 9.84 Å². The van der Waals surface area contributed by atoms with Crippen molar-refractivity contribution < 1.29 is 12.9 Å². The number of nitrogens with zero attached hydrogens (tertiary/aromatic N) is 3. The number of hydrogen-bond acceptors (Lipinski definition) is 6. The van der Waals surface area contributed by atoms with Gasteiger partial charge in [-0.1, -0.05) is 29.4 Å². The Hall–Kier alpha value is -2.28. The summed E-state index contributed by atoms with van der Waals surface area (Å²) in [5, 5.41) is 4.98. The molecule has 1 aromatic carbocycles. The molecule has 3 heterocycles. The standard InChI is InChI=1S/C15H13N3O3S/c19-22(20)8-7-11(9-22)15-17-14(18-21-15)13-6-5-10-3-1-2-4-12(10)16-13/h1-6,11H,7-9H2. The Morgan fingerprint density at radius 3 is 2.77 bits per heavy atom. The molecule has 22 heavy (non-hydrogen) atoms. The summed E-state index contributed by atoms with van der Waals surface area (Å²) in [6, 6.07) is 11.6. The van der Waals surface area contributed by atoms with Crippen molar-refractivity contribution >= 4 is 20.7 Å². The molecule has 1 atom stereocenters. The van der Waals surface area contributed by atoms with Gasteiger partial charge in [0.15, 0.2) is 9.84 Å². The van der Waals surface area contributed by atoms with Crippen molar-refractivity contribution in [3.63, 3.8) is 0 Å². The second-order valence-corrected chi connectivity index (χ2v) is 7.67. The van der Waals surface area contributed by atoms with Gasteiger partial charge in [0.1, 0.15) is 5.69 Å². The van der Waals surface area contributed by atoms with E-state index >= 15 is 0 Å². The maximum Gasteiger partial charge on any atom is 0.231 e. The van der Waals surface area contributed by atoms with Gasteiger partial charge in [0.05, 0.1) is 22.9 Å². The summed E-state index contributed by atoms with van der Waals surface area (Å²) in [6.45, 7) is 0. The second-order valence-electron chi connectivity index (χ2n) is 5.45. The fourth-order valence-corrected chi connectivity index (χ4v) is 4.42. The maximum absolute atomic E-state index is 11.5. The molecule has 4 rings (SSSR count). The van der Waals surface area contributed by atoms with E-state index in [2.05, 4.69) is 15.1 Å². The van der Waals surface area contributed by atoms with Crippen LogP contribution < -0.4 is 0 Å². The van der Waals surface area contributed by atoms with Gasteiger partial charge in [-0.3, -0.25) is 0 Å². The molecule has 0 spiro atoms. The van der Waals surface area contributed by atoms with Crippen LogP contribution in [0.1, 0.15) is 18.2 Å². The molecule has 2 aromatic heterocycles. The third-order valence-electron chi connectivity index (χ3n) is 3.85. The van der Waals surface area contributed by atoms with Crippen LogP contribution in [0.15, 0.2) is 40.9 Å². The zero-order valence-corrected chi connectivity index (χ0v) is 12.5. The van der Waals surface area contributed by atoms with Crippen molar-refractivity contribution in [1.29, 1.82) is 0 Å². The summed E-state index contributed by atoms with van der Waals surface area (Å²) < 4.78 is 28.3. The van der Waals surface area contributed by atoms with Gasteiger partial charge in [0.25, 0.3) is 0 Å². The first-order valence-electron chi connectivity index (χ1n) is 7.01. The second kappa shape index (κ2) is 4.88. The summed E-state index contributed by atoms with van der Waals surface area (Å²) in [7, 11) is -2.97. The number of hydrogen-bond donors (Lipinski definition) is 0. The molecule has 1 saturated heterocycles. The fourth-order valence-electron chi connectivity index (χ4n) is 2.69. The highest BCUT2D eigenvalue weighted by atomic mass is 32.2. The van der Waals surface area contributed by atoms with Gasteiger partial charge in [-0.15, -0.1) is 0 Å². The van der Waals surface area contributed by atoms with Crippen molar-refractivity contribution in [3.8, 4) is 11.5 Å². The Morgan fingerprint density at radius 2 is 1.95 bits per heavy atom. The number of sulfone groups is 1. The Bertz CT molecular complexity index is 949. The summed E-state index contributed by atoms with van der Waals surface area (Å²) >= 11 is 0. The predicted octanol–water partition coefficient (Wildman–Crippen LogP) is 2.19. The minimum Gasteiger partial charge on any atom is -0.339 e. The molecule has 0 N–H and O–H groups in total. The Labute approximate surface area is 127 Å². The molecule has 1 fully saturated rings. The first kappa shape index (κ1) is 13.4. The van der Waals surface area contributed by atoms with E-state index in [1.165, 1.54) is 0 Å². The lowest BCUT2D eigenvalue weighted by atomic mass is 10.1. The highest BCUT2D eigenvalue weighted by Gasteiger charge is 2.33. The molecule has 7 heteroatoms. The third-order valence-corrected chi connectivity index (χ3v) is 5.62. The Kier molecular flexibility index (Phi) is 2.97. The van der Waals surface area contributed by atoms with Crippen molar-refractivity contribution in [1.82, 2.24) is 15.1 Å². The smallest absolute Gasteiger partial charge is 0.231 e. The van der Waals surface area contributed by atoms with Gasteiger partial charge in [0.2, 0.25) is 11.7 Å². The lowest BCUT2D eigenvalue weighted by molar-refractivity contribution is 0.361. The molecule has 0 aliphatic carbocycles. The SMILES string of the molecule is O=S1(=O)CCC(c2nc(-c3ccc4ccccc4n3)no2)C1. The average Bonchev–Trinajstić information content (AvgIpc) is 3.13. The molecule has 0 bridgehead atoms. The molecule has 1 unspecified atom stereocenters. The van der Waals surface area contributed by atoms with Crippen molar-refractivity contribution in [2.75, 3.05) is 11.5 Å². The van der Waals surface area contributed by atoms with Crippen molar-refractivity contribution in [2.45, 2.75) is 12.3 Å². The van der Waals surface area contributed by atoms with Gasteiger partial charge < -0.3 is 4.52 Å². The van der Waals surface area contributed by atoms with E-state index in [4.69, 9.17) is 4.52 Å². The normalized spacial score (nSPS) is 20.5. The third kappa shape index (κ3) is 2.37. The van der Waals surface area contributed by atoms with E-state index in [9.17, 15) is 8.42 Å². The minimum absolute atomic E-state index is 0.0831. The molecule has 0 saturated carbocycles. The van der Waals surface area contributed by atoms with Crippen molar-refractivity contribution in [2.24, 2.45) is 0 Å². The molecular weight excluding hydrogens is 302 g/mol. The van der Waals surface area contributed by atoms with Gasteiger partial charge in [0, 0.05) is 5.39 Å². The van der Waals surface area contributed by atoms with E-state index in [-0.39, 0.29) is 17.4 Å². The summed E-state index contributed by atoms with van der Waals surface area (Å²) in [5.41, 5.74) is 1.48. The first-order valence-corrected chi connectivity index (χ1v) is 8.83. The van der Waals surface area contributed by atoms with Crippen LogP contribution in [-0.4, -0.2) is 35.0 Å². The Balaban J connectivity index is 1.68. The van der Waals surface area contributed by atoms with Crippen LogP contribution >= 0.6 is 0 Å². The average molecular weight is 315 g/mol. The summed E-state index contributed by atoms with van der Waals surface area (Å²) in [6.07, 6.45) is 0.537. The van der Waals surface area contributed by atoms with Gasteiger partial charge in [-0.05, 0) is 18.6 Å². The molecule has 6 nitrogen and oxygen atoms in total. The Morgan fingerprint density at radius 1 is 1.09 bits per heavy atom. The van der Waals surface area contributed by atoms with Crippen LogP contribution in [0.4, 0.5) is 0 Å². The molecule has 0 radical (unpaired) electrons. The largest absolute Gasteiger partial charge is 0.339 e. The highest BCUT2D eigenvalue weighted by molar-refractivity contribution is 7.91. The predicted molar refractivity (Wildman–Crippen MR) is 81.0 cm³/mol. The van der Waals surface area contributed by atoms with E-state index in [1.54, 1.807) is 0 Å².